The fraction of sp³-hybridized carbons (Fsp3) is 0.200. The van der Waals surface area contributed by atoms with Gasteiger partial charge in [-0.15, -0.1) is 11.3 Å². The molecule has 0 unspecified atom stereocenters. The topological polar surface area (TPSA) is 98.5 Å². The highest BCUT2D eigenvalue weighted by Crippen LogP contribution is 2.18. The fourth-order valence-electron chi connectivity index (χ4n) is 1.70. The molecule has 2 aromatic heterocycles. The number of anilines is 1. The highest BCUT2D eigenvalue weighted by Gasteiger charge is 2.14. The van der Waals surface area contributed by atoms with Gasteiger partial charge in [0.15, 0.2) is 10.9 Å². The van der Waals surface area contributed by atoms with E-state index in [1.54, 1.807) is 12.3 Å². The molecule has 7 nitrogen and oxygen atoms in total. The zero-order valence-electron chi connectivity index (χ0n) is 12.7. The predicted octanol–water partition coefficient (Wildman–Crippen LogP) is 2.69. The van der Waals surface area contributed by atoms with Crippen molar-refractivity contribution in [2.75, 3.05) is 12.4 Å². The van der Waals surface area contributed by atoms with E-state index < -0.39 is 11.9 Å². The molecule has 0 saturated heterocycles. The second kappa shape index (κ2) is 7.01. The van der Waals surface area contributed by atoms with Crippen molar-refractivity contribution in [1.82, 2.24) is 4.98 Å². The third kappa shape index (κ3) is 4.13. The first-order valence-corrected chi connectivity index (χ1v) is 7.43. The third-order valence-corrected chi connectivity index (χ3v) is 3.59. The van der Waals surface area contributed by atoms with Gasteiger partial charge in [0.05, 0.1) is 7.11 Å². The first-order chi connectivity index (χ1) is 10.9. The Labute approximate surface area is 136 Å². The number of carbonyl (C=O) groups excluding carboxylic acids is 3. The van der Waals surface area contributed by atoms with Crippen molar-refractivity contribution in [2.24, 2.45) is 0 Å². The molecular formula is C15H14N2O5S. The van der Waals surface area contributed by atoms with E-state index in [4.69, 9.17) is 4.42 Å². The molecule has 0 bridgehead atoms. The van der Waals surface area contributed by atoms with E-state index in [0.717, 1.165) is 11.3 Å². The van der Waals surface area contributed by atoms with Crippen LogP contribution in [-0.4, -0.2) is 29.8 Å². The molecule has 1 amide bonds. The lowest BCUT2D eigenvalue weighted by molar-refractivity contribution is -0.111. The highest BCUT2D eigenvalue weighted by molar-refractivity contribution is 7.14. The summed E-state index contributed by atoms with van der Waals surface area (Å²) in [4.78, 5) is 38.4. The first kappa shape index (κ1) is 16.6. The molecule has 0 aromatic carbocycles. The smallest absolute Gasteiger partial charge is 0.341 e. The molecule has 0 saturated carbocycles. The van der Waals surface area contributed by atoms with Gasteiger partial charge >= 0.3 is 5.97 Å². The summed E-state index contributed by atoms with van der Waals surface area (Å²) >= 11 is 1.16. The van der Waals surface area contributed by atoms with Crippen molar-refractivity contribution >= 4 is 40.2 Å². The number of hydrogen-bond donors (Lipinski definition) is 1. The van der Waals surface area contributed by atoms with Crippen LogP contribution in [0.15, 0.2) is 21.9 Å². The van der Waals surface area contributed by atoms with Crippen LogP contribution < -0.4 is 5.32 Å². The van der Waals surface area contributed by atoms with Crippen molar-refractivity contribution in [1.29, 1.82) is 0 Å². The number of ether oxygens (including phenoxy) is 1. The summed E-state index contributed by atoms with van der Waals surface area (Å²) in [6.45, 7) is 3.03. The number of esters is 1. The normalized spacial score (nSPS) is 10.7. The van der Waals surface area contributed by atoms with Gasteiger partial charge in [-0.2, -0.15) is 0 Å². The molecule has 2 rings (SSSR count). The number of furan rings is 1. The highest BCUT2D eigenvalue weighted by atomic mass is 32.1. The van der Waals surface area contributed by atoms with Gasteiger partial charge in [-0.25, -0.2) is 9.78 Å². The second-order valence-electron chi connectivity index (χ2n) is 4.53. The fourth-order valence-corrected chi connectivity index (χ4v) is 2.45. The molecule has 2 aromatic rings. The third-order valence-electron chi connectivity index (χ3n) is 2.84. The lowest BCUT2D eigenvalue weighted by Gasteiger charge is -1.94. The Hall–Kier alpha value is -2.74. The Morgan fingerprint density at radius 1 is 1.39 bits per heavy atom. The molecule has 23 heavy (non-hydrogen) atoms. The first-order valence-electron chi connectivity index (χ1n) is 6.55. The minimum atomic E-state index is -0.505. The van der Waals surface area contributed by atoms with Gasteiger partial charge in [-0.3, -0.25) is 14.9 Å². The number of ketones is 1. The summed E-state index contributed by atoms with van der Waals surface area (Å²) in [5.41, 5.74) is 0.609. The molecule has 120 valence electrons. The second-order valence-corrected chi connectivity index (χ2v) is 5.38. The number of amides is 1. The number of methoxy groups -OCH3 is 1. The number of nitrogens with one attached hydrogen (secondary N) is 1. The Morgan fingerprint density at radius 2 is 2.13 bits per heavy atom. The molecule has 0 aliphatic heterocycles. The van der Waals surface area contributed by atoms with Crippen LogP contribution in [0.4, 0.5) is 5.13 Å². The van der Waals surface area contributed by atoms with E-state index in [1.807, 2.05) is 0 Å². The molecule has 1 N–H and O–H groups in total. The summed E-state index contributed by atoms with van der Waals surface area (Å²) in [5, 5.41) is 4.44. The van der Waals surface area contributed by atoms with Crippen LogP contribution in [0.2, 0.25) is 0 Å². The largest absolute Gasteiger partial charge is 0.465 e. The van der Waals surface area contributed by atoms with Crippen molar-refractivity contribution in [3.63, 3.8) is 0 Å². The van der Waals surface area contributed by atoms with Crippen LogP contribution in [0.25, 0.3) is 6.08 Å². The van der Waals surface area contributed by atoms with E-state index in [9.17, 15) is 14.4 Å². The zero-order chi connectivity index (χ0) is 17.0. The maximum atomic E-state index is 11.8. The molecule has 0 radical (unpaired) electrons. The average molecular weight is 334 g/mol. The van der Waals surface area contributed by atoms with Crippen molar-refractivity contribution in [3.8, 4) is 0 Å². The zero-order valence-corrected chi connectivity index (χ0v) is 13.5. The van der Waals surface area contributed by atoms with E-state index in [-0.39, 0.29) is 5.78 Å². The number of hydrogen-bond acceptors (Lipinski definition) is 7. The predicted molar refractivity (Wildman–Crippen MR) is 84.6 cm³/mol. The minimum Gasteiger partial charge on any atom is -0.465 e. The van der Waals surface area contributed by atoms with Gasteiger partial charge in [0.2, 0.25) is 5.91 Å². The standard InChI is InChI=1S/C15H14N2O5S/c1-8(18)12-7-23-15(16-12)17-13(19)5-4-10-6-11(9(2)22-10)14(20)21-3/h4-7H,1-3H3,(H,16,17,19). The monoisotopic (exact) mass is 334 g/mol. The van der Waals surface area contributed by atoms with E-state index in [2.05, 4.69) is 15.0 Å². The molecule has 2 heterocycles. The van der Waals surface area contributed by atoms with Gasteiger partial charge < -0.3 is 9.15 Å². The number of aryl methyl sites for hydroxylation is 1. The summed E-state index contributed by atoms with van der Waals surface area (Å²) in [5.74, 6) is -0.346. The van der Waals surface area contributed by atoms with E-state index in [0.29, 0.717) is 27.9 Å². The van der Waals surface area contributed by atoms with Gasteiger partial charge in [-0.05, 0) is 19.1 Å². The number of nitrogens with zero attached hydrogens (tertiary/aromatic N) is 1. The maximum absolute atomic E-state index is 11.8. The van der Waals surface area contributed by atoms with Crippen molar-refractivity contribution in [3.05, 3.63) is 40.3 Å². The SMILES string of the molecule is COC(=O)c1cc(C=CC(=O)Nc2nc(C(C)=O)cs2)oc1C. The van der Waals surface area contributed by atoms with E-state index in [1.165, 1.54) is 32.3 Å². The molecular weight excluding hydrogens is 320 g/mol. The van der Waals surface area contributed by atoms with Crippen LogP contribution in [0.5, 0.6) is 0 Å². The van der Waals surface area contributed by atoms with Crippen LogP contribution >= 0.6 is 11.3 Å². The quantitative estimate of drug-likeness (QED) is 0.513. The van der Waals surface area contributed by atoms with Gasteiger partial charge in [0, 0.05) is 18.4 Å². The molecule has 0 atom stereocenters. The maximum Gasteiger partial charge on any atom is 0.341 e. The molecule has 0 spiro atoms. The number of thiazole rings is 1. The number of carbonyl (C=O) groups is 3. The van der Waals surface area contributed by atoms with Gasteiger partial charge in [0.1, 0.15) is 22.8 Å². The lowest BCUT2D eigenvalue weighted by atomic mass is 10.2. The number of aromatic nitrogens is 1. The van der Waals surface area contributed by atoms with E-state index >= 15 is 0 Å². The van der Waals surface area contributed by atoms with Crippen LogP contribution in [0.3, 0.4) is 0 Å². The summed E-state index contributed by atoms with van der Waals surface area (Å²) in [6, 6.07) is 1.49. The van der Waals surface area contributed by atoms with Crippen molar-refractivity contribution in [2.45, 2.75) is 13.8 Å². The Balaban J connectivity index is 2.03. The average Bonchev–Trinajstić information content (AvgIpc) is 3.11. The van der Waals surface area contributed by atoms with Crippen molar-refractivity contribution < 1.29 is 23.5 Å². The number of rotatable bonds is 5. The molecule has 0 fully saturated rings. The summed E-state index contributed by atoms with van der Waals surface area (Å²) in [6.07, 6.45) is 2.67. The lowest BCUT2D eigenvalue weighted by Crippen LogP contribution is -2.07. The summed E-state index contributed by atoms with van der Waals surface area (Å²) in [7, 11) is 1.28. The van der Waals surface area contributed by atoms with Crippen LogP contribution in [0, 0.1) is 6.92 Å². The molecule has 0 aliphatic rings. The van der Waals surface area contributed by atoms with Crippen LogP contribution in [0.1, 0.15) is 39.3 Å². The Morgan fingerprint density at radius 3 is 2.74 bits per heavy atom. The van der Waals surface area contributed by atoms with Crippen LogP contribution in [-0.2, 0) is 9.53 Å². The van der Waals surface area contributed by atoms with Gasteiger partial charge in [0.25, 0.3) is 0 Å². The Bertz CT molecular complexity index is 788. The number of Topliss-reactive ketones (excluding diaryl/α,β-unsaturated/α-hetero) is 1. The Kier molecular flexibility index (Phi) is 5.07. The molecule has 8 heteroatoms. The molecule has 0 aliphatic carbocycles. The van der Waals surface area contributed by atoms with Gasteiger partial charge in [-0.1, -0.05) is 0 Å². The summed E-state index contributed by atoms with van der Waals surface area (Å²) < 4.78 is 9.97. The minimum absolute atomic E-state index is 0.168.